The number of benzene rings is 1. The summed E-state index contributed by atoms with van der Waals surface area (Å²) in [5.41, 5.74) is 0.885. The van der Waals surface area contributed by atoms with Crippen molar-refractivity contribution in [3.63, 3.8) is 0 Å². The number of aliphatic hydroxyl groups is 1. The van der Waals surface area contributed by atoms with E-state index in [1.165, 1.54) is 0 Å². The van der Waals surface area contributed by atoms with E-state index in [0.717, 1.165) is 17.1 Å². The Labute approximate surface area is 122 Å². The van der Waals surface area contributed by atoms with Gasteiger partial charge in [-0.1, -0.05) is 23.2 Å². The van der Waals surface area contributed by atoms with Gasteiger partial charge < -0.3 is 14.8 Å². The first-order valence-corrected chi connectivity index (χ1v) is 6.75. The number of furan rings is 1. The van der Waals surface area contributed by atoms with Crippen LogP contribution in [-0.4, -0.2) is 17.8 Å². The van der Waals surface area contributed by atoms with Crippen LogP contribution in [0.15, 0.2) is 34.7 Å². The molecule has 19 heavy (non-hydrogen) atoms. The van der Waals surface area contributed by atoms with Crippen LogP contribution in [-0.2, 0) is 6.54 Å². The van der Waals surface area contributed by atoms with Gasteiger partial charge in [0.1, 0.15) is 11.5 Å². The number of hydrogen-bond acceptors (Lipinski definition) is 3. The third-order valence-corrected chi connectivity index (χ3v) is 3.34. The lowest BCUT2D eigenvalue weighted by Gasteiger charge is -2.04. The number of nitrogens with one attached hydrogen (secondary N) is 1. The molecule has 1 unspecified atom stereocenters. The van der Waals surface area contributed by atoms with E-state index in [2.05, 4.69) is 5.32 Å². The smallest absolute Gasteiger partial charge is 0.134 e. The van der Waals surface area contributed by atoms with Crippen LogP contribution in [0.2, 0.25) is 10.0 Å². The largest absolute Gasteiger partial charge is 0.460 e. The van der Waals surface area contributed by atoms with Crippen molar-refractivity contribution < 1.29 is 9.52 Å². The first kappa shape index (κ1) is 14.4. The van der Waals surface area contributed by atoms with Gasteiger partial charge in [-0.3, -0.25) is 0 Å². The highest BCUT2D eigenvalue weighted by atomic mass is 35.5. The van der Waals surface area contributed by atoms with E-state index in [9.17, 15) is 0 Å². The van der Waals surface area contributed by atoms with Gasteiger partial charge in [-0.15, -0.1) is 0 Å². The Bertz CT molecular complexity index is 552. The van der Waals surface area contributed by atoms with Crippen molar-refractivity contribution in [2.75, 3.05) is 6.54 Å². The van der Waals surface area contributed by atoms with Gasteiger partial charge in [0.2, 0.25) is 0 Å². The maximum atomic E-state index is 9.15. The minimum atomic E-state index is -0.371. The number of halogens is 2. The minimum Gasteiger partial charge on any atom is -0.460 e. The molecule has 0 aliphatic heterocycles. The summed E-state index contributed by atoms with van der Waals surface area (Å²) < 4.78 is 5.70. The molecule has 0 fully saturated rings. The monoisotopic (exact) mass is 299 g/mol. The van der Waals surface area contributed by atoms with Crippen molar-refractivity contribution in [1.29, 1.82) is 0 Å². The molecule has 2 N–H and O–H groups in total. The molecule has 0 amide bonds. The van der Waals surface area contributed by atoms with E-state index in [-0.39, 0.29) is 6.10 Å². The average molecular weight is 300 g/mol. The van der Waals surface area contributed by atoms with Gasteiger partial charge in [0.15, 0.2) is 0 Å². The molecule has 0 saturated carbocycles. The van der Waals surface area contributed by atoms with Crippen LogP contribution in [0.4, 0.5) is 0 Å². The van der Waals surface area contributed by atoms with Crippen LogP contribution in [0, 0.1) is 0 Å². The van der Waals surface area contributed by atoms with Crippen LogP contribution in [0.5, 0.6) is 0 Å². The van der Waals surface area contributed by atoms with Crippen LogP contribution in [0.25, 0.3) is 11.3 Å². The first-order chi connectivity index (χ1) is 9.06. The second-order valence-corrected chi connectivity index (χ2v) is 5.19. The molecular formula is C14H15Cl2NO2. The van der Waals surface area contributed by atoms with Gasteiger partial charge in [-0.25, -0.2) is 0 Å². The van der Waals surface area contributed by atoms with Gasteiger partial charge in [-0.05, 0) is 37.3 Å². The van der Waals surface area contributed by atoms with Crippen LogP contribution >= 0.6 is 23.2 Å². The van der Waals surface area contributed by atoms with Crippen LogP contribution < -0.4 is 5.32 Å². The van der Waals surface area contributed by atoms with Crippen molar-refractivity contribution in [2.45, 2.75) is 19.6 Å². The molecule has 0 aliphatic rings. The standard InChI is InChI=1S/C14H15Cl2NO2/c1-9(18)7-17-8-11-3-5-14(19-11)10-2-4-12(15)13(16)6-10/h2-6,9,17-18H,7-8H2,1H3. The zero-order valence-electron chi connectivity index (χ0n) is 10.5. The van der Waals surface area contributed by atoms with Gasteiger partial charge in [0.25, 0.3) is 0 Å². The quantitative estimate of drug-likeness (QED) is 0.884. The van der Waals surface area contributed by atoms with Crippen LogP contribution in [0.3, 0.4) is 0 Å². The first-order valence-electron chi connectivity index (χ1n) is 5.99. The molecule has 0 saturated heterocycles. The molecule has 2 rings (SSSR count). The van der Waals surface area contributed by atoms with Gasteiger partial charge >= 0.3 is 0 Å². The maximum Gasteiger partial charge on any atom is 0.134 e. The topological polar surface area (TPSA) is 45.4 Å². The number of hydrogen-bond donors (Lipinski definition) is 2. The van der Waals surface area contributed by atoms with E-state index in [1.54, 1.807) is 19.1 Å². The highest BCUT2D eigenvalue weighted by molar-refractivity contribution is 6.42. The minimum absolute atomic E-state index is 0.371. The van der Waals surface area contributed by atoms with E-state index in [0.29, 0.717) is 23.1 Å². The zero-order valence-corrected chi connectivity index (χ0v) is 12.0. The molecule has 0 spiro atoms. The lowest BCUT2D eigenvalue weighted by molar-refractivity contribution is 0.190. The molecule has 3 nitrogen and oxygen atoms in total. The van der Waals surface area contributed by atoms with Crippen molar-refractivity contribution in [2.24, 2.45) is 0 Å². The lowest BCUT2D eigenvalue weighted by Crippen LogP contribution is -2.23. The molecule has 102 valence electrons. The predicted molar refractivity (Wildman–Crippen MR) is 77.6 cm³/mol. The predicted octanol–water partition coefficient (Wildman–Crippen LogP) is 3.72. The van der Waals surface area contributed by atoms with Gasteiger partial charge in [0, 0.05) is 12.1 Å². The van der Waals surface area contributed by atoms with Crippen molar-refractivity contribution >= 4 is 23.2 Å². The highest BCUT2D eigenvalue weighted by Gasteiger charge is 2.07. The summed E-state index contributed by atoms with van der Waals surface area (Å²) in [6.45, 7) is 2.84. The van der Waals surface area contributed by atoms with E-state index >= 15 is 0 Å². The van der Waals surface area contributed by atoms with E-state index in [4.69, 9.17) is 32.7 Å². The Balaban J connectivity index is 2.05. The fraction of sp³-hybridized carbons (Fsp3) is 0.286. The molecule has 0 aliphatic carbocycles. The third-order valence-electron chi connectivity index (χ3n) is 2.60. The number of rotatable bonds is 5. The Morgan fingerprint density at radius 2 is 2.00 bits per heavy atom. The fourth-order valence-electron chi connectivity index (χ4n) is 1.68. The van der Waals surface area contributed by atoms with E-state index < -0.39 is 0 Å². The summed E-state index contributed by atoms with van der Waals surface area (Å²) in [5.74, 6) is 1.55. The van der Waals surface area contributed by atoms with Gasteiger partial charge in [-0.2, -0.15) is 0 Å². The molecule has 1 aromatic heterocycles. The maximum absolute atomic E-state index is 9.15. The normalized spacial score (nSPS) is 12.6. The Hall–Kier alpha value is -1.00. The molecule has 0 bridgehead atoms. The highest BCUT2D eigenvalue weighted by Crippen LogP contribution is 2.29. The summed E-state index contributed by atoms with van der Waals surface area (Å²) in [5, 5.41) is 13.3. The van der Waals surface area contributed by atoms with Gasteiger partial charge in [0.05, 0.1) is 22.7 Å². The molecule has 0 radical (unpaired) electrons. The van der Waals surface area contributed by atoms with Crippen molar-refractivity contribution in [1.82, 2.24) is 5.32 Å². The SMILES string of the molecule is CC(O)CNCc1ccc(-c2ccc(Cl)c(Cl)c2)o1. The number of aliphatic hydroxyl groups excluding tert-OH is 1. The Morgan fingerprint density at radius 1 is 1.21 bits per heavy atom. The fourth-order valence-corrected chi connectivity index (χ4v) is 1.98. The molecule has 2 aromatic rings. The Kier molecular flexibility index (Phi) is 4.88. The van der Waals surface area contributed by atoms with E-state index in [1.807, 2.05) is 18.2 Å². The summed E-state index contributed by atoms with van der Waals surface area (Å²) in [4.78, 5) is 0. The summed E-state index contributed by atoms with van der Waals surface area (Å²) >= 11 is 11.9. The summed E-state index contributed by atoms with van der Waals surface area (Å²) in [6.07, 6.45) is -0.371. The summed E-state index contributed by atoms with van der Waals surface area (Å²) in [7, 11) is 0. The molecular weight excluding hydrogens is 285 g/mol. The lowest BCUT2D eigenvalue weighted by atomic mass is 10.2. The Morgan fingerprint density at radius 3 is 2.68 bits per heavy atom. The van der Waals surface area contributed by atoms with Crippen molar-refractivity contribution in [3.8, 4) is 11.3 Å². The molecule has 1 aromatic carbocycles. The zero-order chi connectivity index (χ0) is 13.8. The van der Waals surface area contributed by atoms with Crippen molar-refractivity contribution in [3.05, 3.63) is 46.1 Å². The van der Waals surface area contributed by atoms with Crippen LogP contribution in [0.1, 0.15) is 12.7 Å². The average Bonchev–Trinajstić information content (AvgIpc) is 2.81. The second kappa shape index (κ2) is 6.44. The molecule has 1 heterocycles. The summed E-state index contributed by atoms with van der Waals surface area (Å²) in [6, 6.07) is 9.16. The molecule has 5 heteroatoms. The third kappa shape index (κ3) is 3.98. The second-order valence-electron chi connectivity index (χ2n) is 4.37. The molecule has 1 atom stereocenters.